The van der Waals surface area contributed by atoms with Crippen LogP contribution >= 0.6 is 0 Å². The second-order valence-corrected chi connectivity index (χ2v) is 9.80. The largest absolute Gasteiger partial charge is 0.325 e. The Morgan fingerprint density at radius 2 is 1.59 bits per heavy atom. The van der Waals surface area contributed by atoms with Crippen LogP contribution in [0.1, 0.15) is 15.9 Å². The molecule has 0 bridgehead atoms. The third-order valence-electron chi connectivity index (χ3n) is 5.67. The second kappa shape index (κ2) is 8.31. The van der Waals surface area contributed by atoms with Crippen molar-refractivity contribution in [1.82, 2.24) is 0 Å². The monoisotopic (exact) mass is 471 g/mol. The van der Waals surface area contributed by atoms with E-state index in [1.807, 2.05) is 43.3 Å². The Balaban J connectivity index is 1.28. The van der Waals surface area contributed by atoms with Gasteiger partial charge >= 0.3 is 0 Å². The molecule has 0 spiro atoms. The van der Waals surface area contributed by atoms with Crippen molar-refractivity contribution in [2.45, 2.75) is 11.8 Å². The van der Waals surface area contributed by atoms with Crippen molar-refractivity contribution in [2.75, 3.05) is 21.5 Å². The number of carbonyl (C=O) groups is 2. The van der Waals surface area contributed by atoms with Crippen LogP contribution in [0.2, 0.25) is 0 Å². The summed E-state index contributed by atoms with van der Waals surface area (Å²) >= 11 is 0. The minimum Gasteiger partial charge on any atom is -0.325 e. The maximum Gasteiger partial charge on any atom is 0.261 e. The first-order valence-corrected chi connectivity index (χ1v) is 12.1. The summed E-state index contributed by atoms with van der Waals surface area (Å²) in [7, 11) is -3.77. The molecule has 34 heavy (non-hydrogen) atoms. The van der Waals surface area contributed by atoms with Gasteiger partial charge in [0.2, 0.25) is 5.91 Å². The summed E-state index contributed by atoms with van der Waals surface area (Å²) in [4.78, 5) is 27.1. The number of amides is 2. The summed E-state index contributed by atoms with van der Waals surface area (Å²) in [6.07, 6.45) is 0. The van der Waals surface area contributed by atoms with Gasteiger partial charge in [0.1, 0.15) is 6.54 Å². The molecule has 7 nitrogen and oxygen atoms in total. The molecule has 0 aliphatic carbocycles. The fourth-order valence-corrected chi connectivity index (χ4v) is 5.17. The van der Waals surface area contributed by atoms with E-state index >= 15 is 0 Å². The first-order chi connectivity index (χ1) is 16.3. The number of sulfonamides is 1. The van der Waals surface area contributed by atoms with Crippen LogP contribution in [0.15, 0.2) is 89.8 Å². The second-order valence-electron chi connectivity index (χ2n) is 8.12. The van der Waals surface area contributed by atoms with Gasteiger partial charge in [0.25, 0.3) is 15.9 Å². The van der Waals surface area contributed by atoms with Crippen molar-refractivity contribution in [2.24, 2.45) is 0 Å². The van der Waals surface area contributed by atoms with Crippen LogP contribution in [-0.2, 0) is 14.8 Å². The SMILES string of the molecule is Cc1cccc(NS(=O)(=O)c2ccc(NC(=O)CN3C(=O)c4cccc5cccc3c45)cc2)c1. The Labute approximate surface area is 197 Å². The Morgan fingerprint density at radius 3 is 2.32 bits per heavy atom. The van der Waals surface area contributed by atoms with Gasteiger partial charge in [0, 0.05) is 22.3 Å². The minimum absolute atomic E-state index is 0.0730. The van der Waals surface area contributed by atoms with Crippen LogP contribution in [0.5, 0.6) is 0 Å². The molecular formula is C26H21N3O4S. The summed E-state index contributed by atoms with van der Waals surface area (Å²) < 4.78 is 27.9. The highest BCUT2D eigenvalue weighted by molar-refractivity contribution is 7.92. The smallest absolute Gasteiger partial charge is 0.261 e. The van der Waals surface area contributed by atoms with Gasteiger partial charge in [-0.2, -0.15) is 0 Å². The van der Waals surface area contributed by atoms with Crippen molar-refractivity contribution < 1.29 is 18.0 Å². The molecule has 1 aliphatic heterocycles. The standard InChI is InChI=1S/C26H21N3O4S/c1-17-5-2-8-20(15-17)28-34(32,33)21-13-11-19(12-14-21)27-24(30)16-29-23-10-4-7-18-6-3-9-22(25(18)23)26(29)31/h2-15,28H,16H2,1H3,(H,27,30). The summed E-state index contributed by atoms with van der Waals surface area (Å²) in [5, 5.41) is 4.53. The Kier molecular flexibility index (Phi) is 5.30. The molecule has 170 valence electrons. The summed E-state index contributed by atoms with van der Waals surface area (Å²) in [5.41, 5.74) is 3.13. The number of nitrogens with zero attached hydrogens (tertiary/aromatic N) is 1. The molecule has 8 heteroatoms. The normalized spacial score (nSPS) is 12.7. The molecule has 0 radical (unpaired) electrons. The van der Waals surface area contributed by atoms with E-state index in [9.17, 15) is 18.0 Å². The van der Waals surface area contributed by atoms with E-state index in [2.05, 4.69) is 10.0 Å². The van der Waals surface area contributed by atoms with E-state index in [1.54, 1.807) is 24.3 Å². The highest BCUT2D eigenvalue weighted by atomic mass is 32.2. The van der Waals surface area contributed by atoms with Crippen molar-refractivity contribution in [1.29, 1.82) is 0 Å². The lowest BCUT2D eigenvalue weighted by Gasteiger charge is -2.17. The molecule has 0 fully saturated rings. The van der Waals surface area contributed by atoms with Crippen LogP contribution in [0, 0.1) is 6.92 Å². The Bertz CT molecular complexity index is 1540. The lowest BCUT2D eigenvalue weighted by molar-refractivity contribution is -0.114. The zero-order valence-electron chi connectivity index (χ0n) is 18.3. The van der Waals surface area contributed by atoms with E-state index in [1.165, 1.54) is 29.2 Å². The number of rotatable bonds is 6. The quantitative estimate of drug-likeness (QED) is 0.431. The average molecular weight is 472 g/mol. The van der Waals surface area contributed by atoms with Gasteiger partial charge < -0.3 is 5.32 Å². The fraction of sp³-hybridized carbons (Fsp3) is 0.0769. The first-order valence-electron chi connectivity index (χ1n) is 10.6. The molecule has 0 saturated carbocycles. The molecule has 1 heterocycles. The molecule has 4 aromatic carbocycles. The minimum atomic E-state index is -3.77. The van der Waals surface area contributed by atoms with Crippen LogP contribution in [0.3, 0.4) is 0 Å². The number of benzene rings is 4. The van der Waals surface area contributed by atoms with Gasteiger partial charge in [0.15, 0.2) is 0 Å². The highest BCUT2D eigenvalue weighted by Gasteiger charge is 2.30. The van der Waals surface area contributed by atoms with Gasteiger partial charge in [-0.05, 0) is 66.4 Å². The van der Waals surface area contributed by atoms with Crippen molar-refractivity contribution >= 4 is 49.7 Å². The Hall–Kier alpha value is -4.17. The highest BCUT2D eigenvalue weighted by Crippen LogP contribution is 2.37. The zero-order chi connectivity index (χ0) is 23.9. The fourth-order valence-electron chi connectivity index (χ4n) is 4.12. The number of hydrogen-bond donors (Lipinski definition) is 2. The molecule has 0 unspecified atom stereocenters. The van der Waals surface area contributed by atoms with E-state index in [0.717, 1.165) is 16.3 Å². The number of hydrogen-bond acceptors (Lipinski definition) is 4. The van der Waals surface area contributed by atoms with Gasteiger partial charge in [-0.25, -0.2) is 8.42 Å². The van der Waals surface area contributed by atoms with Crippen LogP contribution in [-0.4, -0.2) is 26.8 Å². The lowest BCUT2D eigenvalue weighted by Crippen LogP contribution is -2.35. The van der Waals surface area contributed by atoms with Gasteiger partial charge in [-0.15, -0.1) is 0 Å². The predicted octanol–water partition coefficient (Wildman–Crippen LogP) is 4.55. The van der Waals surface area contributed by atoms with Gasteiger partial charge in [-0.1, -0.05) is 36.4 Å². The van der Waals surface area contributed by atoms with Gasteiger partial charge in [-0.3, -0.25) is 19.2 Å². The zero-order valence-corrected chi connectivity index (χ0v) is 19.1. The molecule has 5 rings (SSSR count). The molecule has 2 N–H and O–H groups in total. The number of nitrogens with one attached hydrogen (secondary N) is 2. The third-order valence-corrected chi connectivity index (χ3v) is 7.07. The maximum atomic E-state index is 12.9. The van der Waals surface area contributed by atoms with Crippen molar-refractivity contribution in [3.63, 3.8) is 0 Å². The van der Waals surface area contributed by atoms with E-state index < -0.39 is 10.0 Å². The van der Waals surface area contributed by atoms with E-state index in [-0.39, 0.29) is 23.3 Å². The molecule has 4 aromatic rings. The summed E-state index contributed by atoms with van der Waals surface area (Å²) in [6.45, 7) is 1.73. The van der Waals surface area contributed by atoms with E-state index in [0.29, 0.717) is 22.6 Å². The third kappa shape index (κ3) is 3.99. The molecule has 0 atom stereocenters. The molecule has 0 aromatic heterocycles. The van der Waals surface area contributed by atoms with Crippen molar-refractivity contribution in [3.05, 3.63) is 96.1 Å². The van der Waals surface area contributed by atoms with Crippen molar-refractivity contribution in [3.8, 4) is 0 Å². The van der Waals surface area contributed by atoms with Gasteiger partial charge in [0.05, 0.1) is 10.6 Å². The summed E-state index contributed by atoms with van der Waals surface area (Å²) in [5.74, 6) is -0.600. The van der Waals surface area contributed by atoms with Crippen LogP contribution in [0.4, 0.5) is 17.1 Å². The lowest BCUT2D eigenvalue weighted by atomic mass is 10.1. The molecular weight excluding hydrogens is 450 g/mol. The average Bonchev–Trinajstić information content (AvgIpc) is 3.07. The number of aryl methyl sites for hydroxylation is 1. The molecule has 2 amide bonds. The van der Waals surface area contributed by atoms with Crippen LogP contribution in [0.25, 0.3) is 10.8 Å². The van der Waals surface area contributed by atoms with E-state index in [4.69, 9.17) is 0 Å². The Morgan fingerprint density at radius 1 is 0.882 bits per heavy atom. The predicted molar refractivity (Wildman–Crippen MR) is 133 cm³/mol. The number of carbonyl (C=O) groups excluding carboxylic acids is 2. The molecule has 0 saturated heterocycles. The summed E-state index contributed by atoms with van der Waals surface area (Å²) in [6, 6.07) is 24.1. The number of anilines is 3. The first kappa shape index (κ1) is 21.7. The maximum absolute atomic E-state index is 12.9. The van der Waals surface area contributed by atoms with Crippen LogP contribution < -0.4 is 14.9 Å². The topological polar surface area (TPSA) is 95.6 Å². The molecule has 1 aliphatic rings.